The molecule has 0 aromatic carbocycles. The lowest BCUT2D eigenvalue weighted by Gasteiger charge is -2.12. The maximum Gasteiger partial charge on any atom is 0.155 e. The third-order valence-electron chi connectivity index (χ3n) is 1.81. The van der Waals surface area contributed by atoms with Crippen LogP contribution in [0.3, 0.4) is 0 Å². The number of aromatic nitrogens is 3. The Morgan fingerprint density at radius 3 is 2.85 bits per heavy atom. The normalized spacial score (nSPS) is 14.5. The van der Waals surface area contributed by atoms with Crippen molar-refractivity contribution < 1.29 is 0 Å². The molecule has 70 valence electrons. The molecule has 2 N–H and O–H groups in total. The van der Waals surface area contributed by atoms with Gasteiger partial charge >= 0.3 is 0 Å². The summed E-state index contributed by atoms with van der Waals surface area (Å²) in [5.41, 5.74) is 6.07. The van der Waals surface area contributed by atoms with Crippen molar-refractivity contribution in [2.45, 2.75) is 25.8 Å². The number of nitrogens with two attached hydrogens (primary N) is 1. The van der Waals surface area contributed by atoms with Crippen molar-refractivity contribution in [3.63, 3.8) is 0 Å². The minimum atomic E-state index is -0.433. The molecule has 1 atom stereocenters. The average molecular weight is 178 g/mol. The molecule has 0 amide bonds. The van der Waals surface area contributed by atoms with E-state index in [-0.39, 0.29) is 0 Å². The van der Waals surface area contributed by atoms with Crippen molar-refractivity contribution in [3.05, 3.63) is 11.9 Å². The SMILES string of the molecule is CCC(C)(N)C#Cc1cnn(C)n1. The first-order valence-corrected chi connectivity index (χ1v) is 4.22. The van der Waals surface area contributed by atoms with E-state index in [1.54, 1.807) is 13.2 Å². The smallest absolute Gasteiger partial charge is 0.155 e. The molecule has 0 saturated carbocycles. The zero-order valence-corrected chi connectivity index (χ0v) is 8.20. The Labute approximate surface area is 78.1 Å². The van der Waals surface area contributed by atoms with Crippen LogP contribution in [0.4, 0.5) is 0 Å². The van der Waals surface area contributed by atoms with Crippen LogP contribution in [0.1, 0.15) is 26.0 Å². The van der Waals surface area contributed by atoms with Crippen LogP contribution in [0.25, 0.3) is 0 Å². The molecule has 0 spiro atoms. The van der Waals surface area contributed by atoms with Crippen molar-refractivity contribution in [2.24, 2.45) is 12.8 Å². The van der Waals surface area contributed by atoms with E-state index in [0.717, 1.165) is 6.42 Å². The monoisotopic (exact) mass is 178 g/mol. The Morgan fingerprint density at radius 1 is 1.69 bits per heavy atom. The summed E-state index contributed by atoms with van der Waals surface area (Å²) in [4.78, 5) is 1.48. The van der Waals surface area contributed by atoms with E-state index >= 15 is 0 Å². The van der Waals surface area contributed by atoms with Gasteiger partial charge in [-0.25, -0.2) is 0 Å². The van der Waals surface area contributed by atoms with E-state index in [4.69, 9.17) is 5.73 Å². The third kappa shape index (κ3) is 2.88. The molecular formula is C9H14N4. The summed E-state index contributed by atoms with van der Waals surface area (Å²) in [6.45, 7) is 3.90. The first-order chi connectivity index (χ1) is 6.03. The molecule has 0 bridgehead atoms. The summed E-state index contributed by atoms with van der Waals surface area (Å²) < 4.78 is 0. The summed E-state index contributed by atoms with van der Waals surface area (Å²) >= 11 is 0. The molecule has 1 aromatic rings. The number of hydrogen-bond acceptors (Lipinski definition) is 3. The second kappa shape index (κ2) is 3.58. The van der Waals surface area contributed by atoms with E-state index in [9.17, 15) is 0 Å². The Bertz CT molecular complexity index is 340. The molecule has 13 heavy (non-hydrogen) atoms. The molecule has 1 rings (SSSR count). The molecule has 0 aliphatic heterocycles. The average Bonchev–Trinajstić information content (AvgIpc) is 2.48. The van der Waals surface area contributed by atoms with Gasteiger partial charge in [0.05, 0.1) is 11.7 Å². The van der Waals surface area contributed by atoms with Crippen LogP contribution in [0, 0.1) is 11.8 Å². The number of nitrogens with zero attached hydrogens (tertiary/aromatic N) is 3. The predicted molar refractivity (Wildman–Crippen MR) is 50.8 cm³/mol. The van der Waals surface area contributed by atoms with Crippen molar-refractivity contribution in [1.82, 2.24) is 15.0 Å². The van der Waals surface area contributed by atoms with Crippen LogP contribution >= 0.6 is 0 Å². The number of aryl methyl sites for hydroxylation is 1. The van der Waals surface area contributed by atoms with Crippen LogP contribution in [0.5, 0.6) is 0 Å². The molecular weight excluding hydrogens is 164 g/mol. The molecule has 0 saturated heterocycles. The molecule has 0 fully saturated rings. The largest absolute Gasteiger partial charge is 0.315 e. The summed E-state index contributed by atoms with van der Waals surface area (Å²) in [5.74, 6) is 5.84. The number of hydrogen-bond donors (Lipinski definition) is 1. The molecule has 0 aliphatic rings. The minimum Gasteiger partial charge on any atom is -0.315 e. The molecule has 0 radical (unpaired) electrons. The lowest BCUT2D eigenvalue weighted by atomic mass is 10.0. The van der Waals surface area contributed by atoms with Gasteiger partial charge in [-0.1, -0.05) is 12.8 Å². The van der Waals surface area contributed by atoms with Gasteiger partial charge in [0.25, 0.3) is 0 Å². The Hall–Kier alpha value is -1.34. The second-order valence-corrected chi connectivity index (χ2v) is 3.24. The summed E-state index contributed by atoms with van der Waals surface area (Å²) in [6.07, 6.45) is 2.44. The van der Waals surface area contributed by atoms with Gasteiger partial charge in [-0.15, -0.1) is 5.10 Å². The van der Waals surface area contributed by atoms with Crippen LogP contribution in [0.2, 0.25) is 0 Å². The molecule has 4 nitrogen and oxygen atoms in total. The molecule has 1 heterocycles. The van der Waals surface area contributed by atoms with Gasteiger partial charge in [0.15, 0.2) is 5.69 Å². The summed E-state index contributed by atoms with van der Waals surface area (Å²) in [6, 6.07) is 0. The van der Waals surface area contributed by atoms with Crippen molar-refractivity contribution in [2.75, 3.05) is 0 Å². The quantitative estimate of drug-likeness (QED) is 0.629. The highest BCUT2D eigenvalue weighted by Gasteiger charge is 2.10. The van der Waals surface area contributed by atoms with Gasteiger partial charge in [0.2, 0.25) is 0 Å². The maximum absolute atomic E-state index is 5.84. The first kappa shape index (κ1) is 9.75. The standard InChI is InChI=1S/C9H14N4/c1-4-9(2,10)6-5-8-7-11-13(3)12-8/h7H,4,10H2,1-3H3. The Balaban J connectivity index is 2.78. The predicted octanol–water partition coefficient (Wildman–Crippen LogP) is 0.294. The van der Waals surface area contributed by atoms with Gasteiger partial charge < -0.3 is 5.73 Å². The highest BCUT2D eigenvalue weighted by Crippen LogP contribution is 2.01. The zero-order valence-electron chi connectivity index (χ0n) is 8.20. The lowest BCUT2D eigenvalue weighted by molar-refractivity contribution is 0.585. The van der Waals surface area contributed by atoms with Gasteiger partial charge in [0, 0.05) is 7.05 Å². The fourth-order valence-electron chi connectivity index (χ4n) is 0.698. The topological polar surface area (TPSA) is 56.7 Å². The van der Waals surface area contributed by atoms with E-state index in [1.807, 2.05) is 13.8 Å². The molecule has 1 aromatic heterocycles. The zero-order chi connectivity index (χ0) is 9.90. The van der Waals surface area contributed by atoms with Gasteiger partial charge in [-0.05, 0) is 19.3 Å². The summed E-state index contributed by atoms with van der Waals surface area (Å²) in [5, 5.41) is 7.93. The van der Waals surface area contributed by atoms with Gasteiger partial charge in [-0.3, -0.25) is 0 Å². The third-order valence-corrected chi connectivity index (χ3v) is 1.81. The van der Waals surface area contributed by atoms with Crippen molar-refractivity contribution >= 4 is 0 Å². The lowest BCUT2D eigenvalue weighted by Crippen LogP contribution is -2.33. The van der Waals surface area contributed by atoms with E-state index in [0.29, 0.717) is 5.69 Å². The Morgan fingerprint density at radius 2 is 2.38 bits per heavy atom. The summed E-state index contributed by atoms with van der Waals surface area (Å²) in [7, 11) is 1.76. The van der Waals surface area contributed by atoms with Crippen LogP contribution < -0.4 is 5.73 Å². The van der Waals surface area contributed by atoms with Crippen LogP contribution in [-0.4, -0.2) is 20.5 Å². The first-order valence-electron chi connectivity index (χ1n) is 4.22. The molecule has 4 heteroatoms. The van der Waals surface area contributed by atoms with Crippen LogP contribution in [-0.2, 0) is 7.05 Å². The van der Waals surface area contributed by atoms with Gasteiger partial charge in [0.1, 0.15) is 0 Å². The van der Waals surface area contributed by atoms with E-state index < -0.39 is 5.54 Å². The van der Waals surface area contributed by atoms with E-state index in [1.165, 1.54) is 4.80 Å². The van der Waals surface area contributed by atoms with Crippen molar-refractivity contribution in [3.8, 4) is 11.8 Å². The van der Waals surface area contributed by atoms with Crippen molar-refractivity contribution in [1.29, 1.82) is 0 Å². The molecule has 0 aliphatic carbocycles. The van der Waals surface area contributed by atoms with Gasteiger partial charge in [-0.2, -0.15) is 9.90 Å². The highest BCUT2D eigenvalue weighted by atomic mass is 15.4. The van der Waals surface area contributed by atoms with E-state index in [2.05, 4.69) is 22.0 Å². The fourth-order valence-corrected chi connectivity index (χ4v) is 0.698. The van der Waals surface area contributed by atoms with Crippen LogP contribution in [0.15, 0.2) is 6.20 Å². The highest BCUT2D eigenvalue weighted by molar-refractivity contribution is 5.28. The number of rotatable bonds is 1. The fraction of sp³-hybridized carbons (Fsp3) is 0.556. The molecule has 1 unspecified atom stereocenters. The maximum atomic E-state index is 5.84. The second-order valence-electron chi connectivity index (χ2n) is 3.24. The minimum absolute atomic E-state index is 0.433. The Kier molecular flexibility index (Phi) is 2.69.